The first-order valence-electron chi connectivity index (χ1n) is 7.47. The first-order chi connectivity index (χ1) is 11.0. The molecule has 0 radical (unpaired) electrons. The summed E-state index contributed by atoms with van der Waals surface area (Å²) in [7, 11) is 1.92. The number of halogens is 1. The maximum Gasteiger partial charge on any atom is 0.238 e. The van der Waals surface area contributed by atoms with Gasteiger partial charge in [-0.15, -0.1) is 0 Å². The first kappa shape index (κ1) is 17.4. The van der Waals surface area contributed by atoms with Crippen molar-refractivity contribution in [2.45, 2.75) is 26.3 Å². The molecule has 0 bridgehead atoms. The highest BCUT2D eigenvalue weighted by Gasteiger charge is 2.14. The van der Waals surface area contributed by atoms with Crippen LogP contribution in [0.5, 0.6) is 0 Å². The number of nitrogens with zero attached hydrogens (tertiary/aromatic N) is 3. The second-order valence-corrected chi connectivity index (χ2v) is 6.08. The monoisotopic (exact) mass is 332 g/mol. The molecule has 2 rings (SSSR count). The van der Waals surface area contributed by atoms with Crippen LogP contribution in [0.3, 0.4) is 0 Å². The van der Waals surface area contributed by atoms with Gasteiger partial charge >= 0.3 is 0 Å². The third-order valence-corrected chi connectivity index (χ3v) is 4.13. The summed E-state index contributed by atoms with van der Waals surface area (Å²) in [6, 6.07) is 5.64. The number of carbonyl (C=O) groups excluding carboxylic acids is 1. The number of likely N-dealkylation sites (N-methyl/N-ethyl adjacent to an activating group) is 1. The lowest BCUT2D eigenvalue weighted by molar-refractivity contribution is -0.117. The van der Waals surface area contributed by atoms with E-state index in [0.717, 1.165) is 23.4 Å². The molecule has 0 aliphatic carbocycles. The molecule has 122 valence electrons. The summed E-state index contributed by atoms with van der Waals surface area (Å²) in [5.41, 5.74) is 2.61. The number of carbonyl (C=O) groups is 1. The minimum atomic E-state index is -0.0554. The van der Waals surface area contributed by atoms with Gasteiger partial charge in [0.15, 0.2) is 0 Å². The Labute approximate surface area is 141 Å². The van der Waals surface area contributed by atoms with Crippen molar-refractivity contribution in [2.24, 2.45) is 0 Å². The van der Waals surface area contributed by atoms with Gasteiger partial charge in [-0.3, -0.25) is 19.7 Å². The van der Waals surface area contributed by atoms with Crippen molar-refractivity contribution in [3.63, 3.8) is 0 Å². The SMILES string of the molecule is Cc1cc(NC(=O)CN(C)C(C)Cc2cnccn2)ccc1Cl. The van der Waals surface area contributed by atoms with Gasteiger partial charge in [0.2, 0.25) is 5.91 Å². The number of hydrogen-bond acceptors (Lipinski definition) is 4. The summed E-state index contributed by atoms with van der Waals surface area (Å²) in [6.07, 6.45) is 5.83. The highest BCUT2D eigenvalue weighted by molar-refractivity contribution is 6.31. The van der Waals surface area contributed by atoms with Gasteiger partial charge in [-0.2, -0.15) is 0 Å². The van der Waals surface area contributed by atoms with Crippen molar-refractivity contribution in [3.8, 4) is 0 Å². The molecule has 0 aliphatic heterocycles. The van der Waals surface area contributed by atoms with E-state index in [1.54, 1.807) is 30.7 Å². The summed E-state index contributed by atoms with van der Waals surface area (Å²) in [5, 5.41) is 3.58. The van der Waals surface area contributed by atoms with Crippen molar-refractivity contribution >= 4 is 23.2 Å². The molecule has 0 saturated carbocycles. The Morgan fingerprint density at radius 3 is 2.83 bits per heavy atom. The van der Waals surface area contributed by atoms with Gasteiger partial charge in [-0.05, 0) is 44.7 Å². The van der Waals surface area contributed by atoms with Crippen LogP contribution in [0.15, 0.2) is 36.8 Å². The van der Waals surface area contributed by atoms with E-state index in [9.17, 15) is 4.79 Å². The Morgan fingerprint density at radius 1 is 1.39 bits per heavy atom. The largest absolute Gasteiger partial charge is 0.325 e. The van der Waals surface area contributed by atoms with Crippen LogP contribution >= 0.6 is 11.6 Å². The molecule has 5 nitrogen and oxygen atoms in total. The molecule has 1 amide bonds. The van der Waals surface area contributed by atoms with E-state index in [0.29, 0.717) is 11.6 Å². The zero-order valence-corrected chi connectivity index (χ0v) is 14.3. The van der Waals surface area contributed by atoms with Crippen molar-refractivity contribution in [1.29, 1.82) is 0 Å². The lowest BCUT2D eigenvalue weighted by Crippen LogP contribution is -2.37. The zero-order valence-electron chi connectivity index (χ0n) is 13.6. The van der Waals surface area contributed by atoms with E-state index in [1.165, 1.54) is 0 Å². The normalized spacial score (nSPS) is 12.2. The predicted molar refractivity (Wildman–Crippen MR) is 92.6 cm³/mol. The number of aryl methyl sites for hydroxylation is 1. The third kappa shape index (κ3) is 5.30. The molecule has 1 aromatic carbocycles. The van der Waals surface area contributed by atoms with E-state index in [1.807, 2.05) is 24.9 Å². The van der Waals surface area contributed by atoms with Crippen LogP contribution in [-0.2, 0) is 11.2 Å². The lowest BCUT2D eigenvalue weighted by atomic mass is 10.1. The number of amides is 1. The molecule has 0 aliphatic rings. The van der Waals surface area contributed by atoms with E-state index in [4.69, 9.17) is 11.6 Å². The fourth-order valence-corrected chi connectivity index (χ4v) is 2.32. The number of aromatic nitrogens is 2. The van der Waals surface area contributed by atoms with Gasteiger partial charge in [0.1, 0.15) is 0 Å². The second-order valence-electron chi connectivity index (χ2n) is 5.68. The number of anilines is 1. The van der Waals surface area contributed by atoms with Crippen molar-refractivity contribution < 1.29 is 4.79 Å². The third-order valence-electron chi connectivity index (χ3n) is 3.71. The molecule has 0 saturated heterocycles. The van der Waals surface area contributed by atoms with Crippen LogP contribution < -0.4 is 5.32 Å². The maximum absolute atomic E-state index is 12.2. The minimum Gasteiger partial charge on any atom is -0.325 e. The standard InChI is InChI=1S/C17H21ClN4O/c1-12-8-14(4-5-16(12)18)21-17(23)11-22(3)13(2)9-15-10-19-6-7-20-15/h4-8,10,13H,9,11H2,1-3H3,(H,21,23). The van der Waals surface area contributed by atoms with E-state index in [2.05, 4.69) is 22.2 Å². The van der Waals surface area contributed by atoms with Crippen LogP contribution in [-0.4, -0.2) is 40.4 Å². The molecule has 0 spiro atoms. The average molecular weight is 333 g/mol. The summed E-state index contributed by atoms with van der Waals surface area (Å²) in [5.74, 6) is -0.0554. The summed E-state index contributed by atoms with van der Waals surface area (Å²) in [6.45, 7) is 4.28. The number of rotatable bonds is 6. The summed E-state index contributed by atoms with van der Waals surface area (Å²) < 4.78 is 0. The Bertz CT molecular complexity index is 663. The Hall–Kier alpha value is -1.98. The quantitative estimate of drug-likeness (QED) is 0.883. The van der Waals surface area contributed by atoms with Crippen LogP contribution in [0.25, 0.3) is 0 Å². The second kappa shape index (κ2) is 8.04. The zero-order chi connectivity index (χ0) is 16.8. The predicted octanol–water partition coefficient (Wildman–Crippen LogP) is 2.94. The molecular weight excluding hydrogens is 312 g/mol. The molecule has 0 fully saturated rings. The smallest absolute Gasteiger partial charge is 0.238 e. The van der Waals surface area contributed by atoms with E-state index in [-0.39, 0.29) is 11.9 Å². The van der Waals surface area contributed by atoms with Crippen LogP contribution in [0.2, 0.25) is 5.02 Å². The van der Waals surface area contributed by atoms with E-state index < -0.39 is 0 Å². The highest BCUT2D eigenvalue weighted by atomic mass is 35.5. The minimum absolute atomic E-state index is 0.0554. The molecule has 1 heterocycles. The Morgan fingerprint density at radius 2 is 2.17 bits per heavy atom. The average Bonchev–Trinajstić information content (AvgIpc) is 2.51. The maximum atomic E-state index is 12.2. The van der Waals surface area contributed by atoms with Gasteiger partial charge < -0.3 is 5.32 Å². The molecular formula is C17H21ClN4O. The fraction of sp³-hybridized carbons (Fsp3) is 0.353. The molecule has 1 N–H and O–H groups in total. The van der Waals surface area contributed by atoms with Gasteiger partial charge in [-0.25, -0.2) is 0 Å². The van der Waals surface area contributed by atoms with Crippen molar-refractivity contribution in [1.82, 2.24) is 14.9 Å². The molecule has 2 aromatic rings. The Kier molecular flexibility index (Phi) is 6.07. The molecule has 6 heteroatoms. The van der Waals surface area contributed by atoms with Gasteiger partial charge in [0, 0.05) is 41.8 Å². The fourth-order valence-electron chi connectivity index (χ4n) is 2.20. The lowest BCUT2D eigenvalue weighted by Gasteiger charge is -2.23. The number of benzene rings is 1. The summed E-state index contributed by atoms with van der Waals surface area (Å²) in [4.78, 5) is 22.5. The molecule has 23 heavy (non-hydrogen) atoms. The molecule has 1 aromatic heterocycles. The highest BCUT2D eigenvalue weighted by Crippen LogP contribution is 2.19. The van der Waals surface area contributed by atoms with Gasteiger partial charge in [0.25, 0.3) is 0 Å². The van der Waals surface area contributed by atoms with Gasteiger partial charge in [-0.1, -0.05) is 11.6 Å². The Balaban J connectivity index is 1.87. The number of nitrogens with one attached hydrogen (secondary N) is 1. The van der Waals surface area contributed by atoms with Crippen molar-refractivity contribution in [2.75, 3.05) is 18.9 Å². The molecule has 1 unspecified atom stereocenters. The first-order valence-corrected chi connectivity index (χ1v) is 7.84. The van der Waals surface area contributed by atoms with Gasteiger partial charge in [0.05, 0.1) is 12.2 Å². The van der Waals surface area contributed by atoms with Crippen LogP contribution in [0.4, 0.5) is 5.69 Å². The number of hydrogen-bond donors (Lipinski definition) is 1. The van der Waals surface area contributed by atoms with Crippen LogP contribution in [0, 0.1) is 6.92 Å². The topological polar surface area (TPSA) is 58.1 Å². The van der Waals surface area contributed by atoms with Crippen molar-refractivity contribution in [3.05, 3.63) is 53.1 Å². The summed E-state index contributed by atoms with van der Waals surface area (Å²) >= 11 is 5.99. The van der Waals surface area contributed by atoms with E-state index >= 15 is 0 Å². The van der Waals surface area contributed by atoms with Crippen LogP contribution in [0.1, 0.15) is 18.2 Å². The molecule has 1 atom stereocenters.